The average Bonchev–Trinajstić information content (AvgIpc) is 3.22. The van der Waals surface area contributed by atoms with Crippen LogP contribution in [-0.4, -0.2) is 48.7 Å². The summed E-state index contributed by atoms with van der Waals surface area (Å²) in [6.45, 7) is 11.9. The maximum atomic E-state index is 12.7. The fraction of sp³-hybridized carbons (Fsp3) is 0.941. The molecular weight excluding hydrogens is 264 g/mol. The Morgan fingerprint density at radius 2 is 2.05 bits per heavy atom. The van der Waals surface area contributed by atoms with Gasteiger partial charge in [-0.3, -0.25) is 4.90 Å². The highest BCUT2D eigenvalue weighted by Crippen LogP contribution is 2.42. The molecule has 21 heavy (non-hydrogen) atoms. The van der Waals surface area contributed by atoms with Gasteiger partial charge in [-0.15, -0.1) is 0 Å². The van der Waals surface area contributed by atoms with Crippen molar-refractivity contribution < 1.29 is 9.53 Å². The van der Waals surface area contributed by atoms with Gasteiger partial charge < -0.3 is 10.1 Å². The van der Waals surface area contributed by atoms with Crippen LogP contribution >= 0.6 is 0 Å². The normalized spacial score (nSPS) is 29.3. The molecule has 1 aliphatic carbocycles. The van der Waals surface area contributed by atoms with Gasteiger partial charge in [0.2, 0.25) is 0 Å². The molecule has 0 spiro atoms. The van der Waals surface area contributed by atoms with E-state index in [1.54, 1.807) is 0 Å². The number of esters is 1. The Hall–Kier alpha value is -0.610. The largest absolute Gasteiger partial charge is 0.465 e. The van der Waals surface area contributed by atoms with E-state index in [4.69, 9.17) is 4.74 Å². The summed E-state index contributed by atoms with van der Waals surface area (Å²) in [6, 6.07) is 0.566. The van der Waals surface area contributed by atoms with Gasteiger partial charge >= 0.3 is 5.97 Å². The molecule has 0 amide bonds. The first kappa shape index (κ1) is 16.8. The van der Waals surface area contributed by atoms with Crippen LogP contribution in [0.1, 0.15) is 53.4 Å². The molecule has 3 unspecified atom stereocenters. The van der Waals surface area contributed by atoms with Crippen molar-refractivity contribution >= 4 is 5.97 Å². The predicted molar refractivity (Wildman–Crippen MR) is 85.2 cm³/mol. The van der Waals surface area contributed by atoms with Gasteiger partial charge in [-0.1, -0.05) is 13.8 Å². The molecule has 0 aromatic rings. The van der Waals surface area contributed by atoms with Crippen molar-refractivity contribution in [2.75, 3.05) is 26.2 Å². The van der Waals surface area contributed by atoms with Crippen molar-refractivity contribution in [1.82, 2.24) is 10.2 Å². The van der Waals surface area contributed by atoms with Crippen LogP contribution in [0.25, 0.3) is 0 Å². The second kappa shape index (κ2) is 7.10. The third-order valence-corrected chi connectivity index (χ3v) is 4.97. The number of rotatable bonds is 8. The highest BCUT2D eigenvalue weighted by molar-refractivity contribution is 5.82. The molecule has 1 saturated carbocycles. The zero-order valence-electron chi connectivity index (χ0n) is 14.2. The van der Waals surface area contributed by atoms with Crippen molar-refractivity contribution in [3.05, 3.63) is 0 Å². The van der Waals surface area contributed by atoms with Crippen LogP contribution in [0.5, 0.6) is 0 Å². The van der Waals surface area contributed by atoms with E-state index in [1.807, 2.05) is 6.92 Å². The topological polar surface area (TPSA) is 41.6 Å². The molecule has 0 aromatic carbocycles. The van der Waals surface area contributed by atoms with Gasteiger partial charge in [-0.05, 0) is 57.9 Å². The molecule has 2 rings (SSSR count). The Bertz CT molecular complexity index is 357. The molecule has 4 heteroatoms. The summed E-state index contributed by atoms with van der Waals surface area (Å²) < 4.78 is 5.45. The van der Waals surface area contributed by atoms with Gasteiger partial charge in [0, 0.05) is 19.1 Å². The first-order chi connectivity index (χ1) is 10.0. The average molecular weight is 296 g/mol. The van der Waals surface area contributed by atoms with Gasteiger partial charge in [-0.25, -0.2) is 4.79 Å². The summed E-state index contributed by atoms with van der Waals surface area (Å²) in [5.41, 5.74) is -0.482. The molecule has 1 saturated heterocycles. The molecule has 4 nitrogen and oxygen atoms in total. The van der Waals surface area contributed by atoms with E-state index in [0.717, 1.165) is 44.8 Å². The van der Waals surface area contributed by atoms with Gasteiger partial charge in [0.15, 0.2) is 0 Å². The quantitative estimate of drug-likeness (QED) is 0.699. The van der Waals surface area contributed by atoms with Crippen LogP contribution in [0.15, 0.2) is 0 Å². The van der Waals surface area contributed by atoms with Crippen molar-refractivity contribution in [3.63, 3.8) is 0 Å². The number of hydrogen-bond donors (Lipinski definition) is 1. The molecule has 0 aromatic heterocycles. The van der Waals surface area contributed by atoms with E-state index in [0.29, 0.717) is 18.6 Å². The van der Waals surface area contributed by atoms with Gasteiger partial charge in [0.25, 0.3) is 0 Å². The number of carbonyl (C=O) groups excluding carboxylic acids is 1. The van der Waals surface area contributed by atoms with E-state index in [-0.39, 0.29) is 5.97 Å². The van der Waals surface area contributed by atoms with Gasteiger partial charge in [0.05, 0.1) is 6.61 Å². The SMILES string of the molecule is CCCNC(CN1CC(C)CC1C)(C(=O)OCC)C1CC1. The highest BCUT2D eigenvalue weighted by atomic mass is 16.5. The van der Waals surface area contributed by atoms with Crippen molar-refractivity contribution in [1.29, 1.82) is 0 Å². The van der Waals surface area contributed by atoms with Gasteiger partial charge in [-0.2, -0.15) is 0 Å². The molecular formula is C17H32N2O2. The molecule has 122 valence electrons. The minimum Gasteiger partial charge on any atom is -0.465 e. The second-order valence-corrected chi connectivity index (χ2v) is 7.01. The number of ether oxygens (including phenoxy) is 1. The third-order valence-electron chi connectivity index (χ3n) is 4.97. The summed E-state index contributed by atoms with van der Waals surface area (Å²) >= 11 is 0. The van der Waals surface area contributed by atoms with Crippen LogP contribution in [-0.2, 0) is 9.53 Å². The van der Waals surface area contributed by atoms with E-state index in [9.17, 15) is 4.79 Å². The number of nitrogens with zero attached hydrogens (tertiary/aromatic N) is 1. The van der Waals surface area contributed by atoms with E-state index in [2.05, 4.69) is 31.0 Å². The lowest BCUT2D eigenvalue weighted by Gasteiger charge is -2.37. The number of carbonyl (C=O) groups is 1. The van der Waals surface area contributed by atoms with Crippen molar-refractivity contribution in [3.8, 4) is 0 Å². The van der Waals surface area contributed by atoms with Crippen molar-refractivity contribution in [2.24, 2.45) is 11.8 Å². The minimum absolute atomic E-state index is 0.0345. The van der Waals surface area contributed by atoms with Crippen LogP contribution in [0, 0.1) is 11.8 Å². The maximum Gasteiger partial charge on any atom is 0.327 e. The lowest BCUT2D eigenvalue weighted by molar-refractivity contribution is -0.153. The molecule has 1 aliphatic heterocycles. The second-order valence-electron chi connectivity index (χ2n) is 7.01. The van der Waals surface area contributed by atoms with Crippen molar-refractivity contribution in [2.45, 2.75) is 65.0 Å². The summed E-state index contributed by atoms with van der Waals surface area (Å²) in [4.78, 5) is 15.2. The zero-order chi connectivity index (χ0) is 15.5. The Balaban J connectivity index is 2.15. The zero-order valence-corrected chi connectivity index (χ0v) is 14.2. The Morgan fingerprint density at radius 3 is 2.52 bits per heavy atom. The smallest absolute Gasteiger partial charge is 0.327 e. The number of likely N-dealkylation sites (tertiary alicyclic amines) is 1. The predicted octanol–water partition coefficient (Wildman–Crippen LogP) is 2.43. The summed E-state index contributed by atoms with van der Waals surface area (Å²) in [5.74, 6) is 1.14. The first-order valence-electron chi connectivity index (χ1n) is 8.69. The lowest BCUT2D eigenvalue weighted by Crippen LogP contribution is -2.62. The molecule has 1 N–H and O–H groups in total. The Morgan fingerprint density at radius 1 is 1.33 bits per heavy atom. The molecule has 0 bridgehead atoms. The standard InChI is InChI=1S/C17H32N2O2/c1-5-9-18-17(15-7-8-15,16(20)21-6-2)12-19-11-13(3)10-14(19)4/h13-15,18H,5-12H2,1-4H3. The third kappa shape index (κ3) is 3.78. The van der Waals surface area contributed by atoms with Crippen LogP contribution in [0.3, 0.4) is 0 Å². The lowest BCUT2D eigenvalue weighted by atomic mass is 9.91. The number of nitrogens with one attached hydrogen (secondary N) is 1. The van der Waals surface area contributed by atoms with E-state index in [1.165, 1.54) is 6.42 Å². The first-order valence-corrected chi connectivity index (χ1v) is 8.69. The molecule has 2 fully saturated rings. The molecule has 2 aliphatic rings. The highest BCUT2D eigenvalue weighted by Gasteiger charge is 2.53. The summed E-state index contributed by atoms with van der Waals surface area (Å²) in [5, 5.41) is 3.58. The summed E-state index contributed by atoms with van der Waals surface area (Å²) in [6.07, 6.45) is 4.57. The van der Waals surface area contributed by atoms with Crippen LogP contribution < -0.4 is 5.32 Å². The van der Waals surface area contributed by atoms with Crippen LogP contribution in [0.4, 0.5) is 0 Å². The monoisotopic (exact) mass is 296 g/mol. The van der Waals surface area contributed by atoms with E-state index < -0.39 is 5.54 Å². The molecule has 1 heterocycles. The Kier molecular flexibility index (Phi) is 5.67. The number of hydrogen-bond acceptors (Lipinski definition) is 4. The summed E-state index contributed by atoms with van der Waals surface area (Å²) in [7, 11) is 0. The molecule has 3 atom stereocenters. The fourth-order valence-corrected chi connectivity index (χ4v) is 3.74. The molecule has 0 radical (unpaired) electrons. The van der Waals surface area contributed by atoms with Gasteiger partial charge in [0.1, 0.15) is 5.54 Å². The maximum absolute atomic E-state index is 12.7. The Labute approximate surface area is 129 Å². The fourth-order valence-electron chi connectivity index (χ4n) is 3.74. The van der Waals surface area contributed by atoms with Crippen LogP contribution in [0.2, 0.25) is 0 Å². The van der Waals surface area contributed by atoms with E-state index >= 15 is 0 Å². The minimum atomic E-state index is -0.482.